The number of hydrogen-bond donors (Lipinski definition) is 1. The summed E-state index contributed by atoms with van der Waals surface area (Å²) < 4.78 is 0. The lowest BCUT2D eigenvalue weighted by Gasteiger charge is -2.47. The Hall–Kier alpha value is 0.270. The Morgan fingerprint density at radius 1 is 1.12 bits per heavy atom. The van der Waals surface area contributed by atoms with E-state index in [1.807, 2.05) is 0 Å². The molecule has 2 heterocycles. The zero-order chi connectivity index (χ0) is 11.0. The van der Waals surface area contributed by atoms with Gasteiger partial charge in [0.1, 0.15) is 0 Å². The first kappa shape index (κ1) is 11.4. The van der Waals surface area contributed by atoms with Crippen molar-refractivity contribution >= 4 is 12.6 Å². The number of rotatable bonds is 3. The summed E-state index contributed by atoms with van der Waals surface area (Å²) in [6, 6.07) is 0.880. The van der Waals surface area contributed by atoms with E-state index in [4.69, 9.17) is 0 Å². The van der Waals surface area contributed by atoms with Crippen molar-refractivity contribution in [3.63, 3.8) is 0 Å². The van der Waals surface area contributed by atoms with Gasteiger partial charge in [-0.2, -0.15) is 12.6 Å². The van der Waals surface area contributed by atoms with Gasteiger partial charge in [-0.05, 0) is 43.4 Å². The Kier molecular flexibility index (Phi) is 3.20. The van der Waals surface area contributed by atoms with Gasteiger partial charge in [0.05, 0.1) is 0 Å². The molecular weight excluding hydrogens is 216 g/mol. The number of hydrogen-bond acceptors (Lipinski definition) is 3. The van der Waals surface area contributed by atoms with Gasteiger partial charge in [-0.25, -0.2) is 0 Å². The van der Waals surface area contributed by atoms with E-state index in [0.29, 0.717) is 5.41 Å². The maximum Gasteiger partial charge on any atom is 0.0224 e. The molecule has 0 N–H and O–H groups in total. The lowest BCUT2D eigenvalue weighted by Crippen LogP contribution is -2.54. The molecule has 2 aliphatic heterocycles. The van der Waals surface area contributed by atoms with Crippen LogP contribution in [0.25, 0.3) is 0 Å². The van der Waals surface area contributed by atoms with Gasteiger partial charge in [0.2, 0.25) is 0 Å². The van der Waals surface area contributed by atoms with Gasteiger partial charge in [0.25, 0.3) is 0 Å². The van der Waals surface area contributed by atoms with Gasteiger partial charge in [-0.15, -0.1) is 0 Å². The van der Waals surface area contributed by atoms with E-state index in [2.05, 4.69) is 22.4 Å². The third kappa shape index (κ3) is 2.02. The smallest absolute Gasteiger partial charge is 0.0224 e. The van der Waals surface area contributed by atoms with E-state index >= 15 is 0 Å². The van der Waals surface area contributed by atoms with Crippen LogP contribution in [0.4, 0.5) is 0 Å². The maximum atomic E-state index is 4.57. The minimum atomic E-state index is 0.587. The fraction of sp³-hybridized carbons (Fsp3) is 1.00. The second kappa shape index (κ2) is 4.51. The van der Waals surface area contributed by atoms with Crippen molar-refractivity contribution in [3.8, 4) is 0 Å². The van der Waals surface area contributed by atoms with Gasteiger partial charge >= 0.3 is 0 Å². The molecule has 0 radical (unpaired) electrons. The fourth-order valence-corrected chi connectivity index (χ4v) is 4.13. The Morgan fingerprint density at radius 3 is 2.69 bits per heavy atom. The molecule has 3 heteroatoms. The summed E-state index contributed by atoms with van der Waals surface area (Å²) in [6.45, 7) is 6.62. The zero-order valence-corrected chi connectivity index (χ0v) is 11.1. The minimum absolute atomic E-state index is 0.587. The van der Waals surface area contributed by atoms with E-state index in [-0.39, 0.29) is 0 Å². The molecule has 0 spiro atoms. The van der Waals surface area contributed by atoms with Gasteiger partial charge in [-0.3, -0.25) is 9.80 Å². The lowest BCUT2D eigenvalue weighted by molar-refractivity contribution is 0.0395. The van der Waals surface area contributed by atoms with Gasteiger partial charge in [0.15, 0.2) is 0 Å². The summed E-state index contributed by atoms with van der Waals surface area (Å²) in [4.78, 5) is 5.42. The van der Waals surface area contributed by atoms with E-state index in [0.717, 1.165) is 11.8 Å². The molecular formula is C13H24N2S. The van der Waals surface area contributed by atoms with Crippen LogP contribution >= 0.6 is 12.6 Å². The predicted octanol–water partition coefficient (Wildman–Crippen LogP) is 1.87. The van der Waals surface area contributed by atoms with Crippen molar-refractivity contribution < 1.29 is 0 Å². The Morgan fingerprint density at radius 2 is 2.00 bits per heavy atom. The van der Waals surface area contributed by atoms with Crippen molar-refractivity contribution in [2.24, 2.45) is 5.41 Å². The van der Waals surface area contributed by atoms with E-state index in [1.165, 1.54) is 64.8 Å². The number of thiol groups is 1. The molecule has 2 saturated heterocycles. The molecule has 3 fully saturated rings. The quantitative estimate of drug-likeness (QED) is 0.752. The molecule has 1 unspecified atom stereocenters. The van der Waals surface area contributed by atoms with Crippen molar-refractivity contribution in [2.45, 2.75) is 38.1 Å². The van der Waals surface area contributed by atoms with E-state index < -0.39 is 0 Å². The number of piperazine rings is 1. The van der Waals surface area contributed by atoms with Gasteiger partial charge in [-0.1, -0.05) is 6.42 Å². The molecule has 0 bridgehead atoms. The molecule has 2 nitrogen and oxygen atoms in total. The minimum Gasteiger partial charge on any atom is -0.300 e. The van der Waals surface area contributed by atoms with Crippen LogP contribution in [-0.4, -0.2) is 54.3 Å². The topological polar surface area (TPSA) is 6.48 Å². The first-order chi connectivity index (χ1) is 7.81. The van der Waals surface area contributed by atoms with Crippen molar-refractivity contribution in [1.82, 2.24) is 9.80 Å². The van der Waals surface area contributed by atoms with Gasteiger partial charge < -0.3 is 0 Å². The highest BCUT2D eigenvalue weighted by Gasteiger charge is 2.39. The molecule has 0 aromatic rings. The number of fused-ring (bicyclic) bond motifs is 1. The normalized spacial score (nSPS) is 34.7. The first-order valence-electron chi connectivity index (χ1n) is 6.89. The maximum absolute atomic E-state index is 4.57. The fourth-order valence-electron chi connectivity index (χ4n) is 3.72. The molecule has 3 rings (SSSR count). The summed E-state index contributed by atoms with van der Waals surface area (Å²) in [6.07, 6.45) is 7.13. The summed E-state index contributed by atoms with van der Waals surface area (Å²) >= 11 is 4.57. The molecule has 92 valence electrons. The molecule has 0 amide bonds. The van der Waals surface area contributed by atoms with Crippen molar-refractivity contribution in [3.05, 3.63) is 0 Å². The molecule has 16 heavy (non-hydrogen) atoms. The monoisotopic (exact) mass is 240 g/mol. The highest BCUT2D eigenvalue weighted by molar-refractivity contribution is 7.80. The Balaban J connectivity index is 1.56. The summed E-state index contributed by atoms with van der Waals surface area (Å²) in [5.74, 6) is 1.10. The molecule has 1 atom stereocenters. The molecule has 0 aromatic heterocycles. The summed E-state index contributed by atoms with van der Waals surface area (Å²) in [5, 5.41) is 0. The Labute approximate surface area is 105 Å². The van der Waals surface area contributed by atoms with Crippen molar-refractivity contribution in [2.75, 3.05) is 38.5 Å². The van der Waals surface area contributed by atoms with E-state index in [1.54, 1.807) is 0 Å². The van der Waals surface area contributed by atoms with Crippen LogP contribution in [0.15, 0.2) is 0 Å². The Bertz CT molecular complexity index is 247. The lowest BCUT2D eigenvalue weighted by atomic mass is 9.70. The standard InChI is InChI=1S/C13H24N2S/c16-11-13(4-2-5-13)10-14-7-8-15-6-1-3-12(15)9-14/h12,16H,1-11H2. The molecule has 1 aliphatic carbocycles. The molecule has 0 aromatic carbocycles. The average Bonchev–Trinajstić information content (AvgIpc) is 2.70. The van der Waals surface area contributed by atoms with E-state index in [9.17, 15) is 0 Å². The van der Waals surface area contributed by atoms with Crippen LogP contribution in [0.5, 0.6) is 0 Å². The highest BCUT2D eigenvalue weighted by Crippen LogP contribution is 2.42. The van der Waals surface area contributed by atoms with Gasteiger partial charge in [0, 0.05) is 32.2 Å². The molecule has 3 aliphatic rings. The van der Waals surface area contributed by atoms with Crippen LogP contribution in [-0.2, 0) is 0 Å². The highest BCUT2D eigenvalue weighted by atomic mass is 32.1. The van der Waals surface area contributed by atoms with Crippen LogP contribution in [0.2, 0.25) is 0 Å². The summed E-state index contributed by atoms with van der Waals surface area (Å²) in [7, 11) is 0. The SMILES string of the molecule is SCC1(CN2CCN3CCCC3C2)CCC1. The zero-order valence-electron chi connectivity index (χ0n) is 10.2. The second-order valence-electron chi connectivity index (χ2n) is 6.08. The third-order valence-corrected chi connectivity index (χ3v) is 5.65. The third-order valence-electron chi connectivity index (χ3n) is 4.98. The largest absolute Gasteiger partial charge is 0.300 e. The first-order valence-corrected chi connectivity index (χ1v) is 7.52. The van der Waals surface area contributed by atoms with Crippen LogP contribution in [0, 0.1) is 5.41 Å². The van der Waals surface area contributed by atoms with Crippen LogP contribution in [0.3, 0.4) is 0 Å². The molecule has 1 saturated carbocycles. The van der Waals surface area contributed by atoms with Crippen LogP contribution in [0.1, 0.15) is 32.1 Å². The number of nitrogens with zero attached hydrogens (tertiary/aromatic N) is 2. The second-order valence-corrected chi connectivity index (χ2v) is 6.40. The van der Waals surface area contributed by atoms with Crippen molar-refractivity contribution in [1.29, 1.82) is 0 Å². The van der Waals surface area contributed by atoms with Crippen LogP contribution < -0.4 is 0 Å². The average molecular weight is 240 g/mol. The summed E-state index contributed by atoms with van der Waals surface area (Å²) in [5.41, 5.74) is 0.587. The predicted molar refractivity (Wildman–Crippen MR) is 71.2 cm³/mol.